The van der Waals surface area contributed by atoms with E-state index in [0.29, 0.717) is 11.1 Å². The molecule has 0 spiro atoms. The number of amides is 1. The molecular formula is C11H18N4O2S. The van der Waals surface area contributed by atoms with E-state index in [1.165, 1.54) is 19.0 Å². The van der Waals surface area contributed by atoms with E-state index in [9.17, 15) is 9.00 Å². The first-order valence-corrected chi connectivity index (χ1v) is 7.62. The predicted molar refractivity (Wildman–Crippen MR) is 67.3 cm³/mol. The zero-order valence-electron chi connectivity index (χ0n) is 10.7. The first-order chi connectivity index (χ1) is 8.58. The van der Waals surface area contributed by atoms with Crippen molar-refractivity contribution in [1.82, 2.24) is 19.7 Å². The molecule has 1 aromatic heterocycles. The third-order valence-electron chi connectivity index (χ3n) is 3.15. The molecule has 7 heteroatoms. The van der Waals surface area contributed by atoms with Crippen LogP contribution in [0, 0.1) is 5.92 Å². The highest BCUT2D eigenvalue weighted by molar-refractivity contribution is 7.84. The maximum atomic E-state index is 12.1. The average Bonchev–Trinajstić information content (AvgIpc) is 2.77. The van der Waals surface area contributed by atoms with Crippen LogP contribution in [0.25, 0.3) is 0 Å². The highest BCUT2D eigenvalue weighted by Crippen LogP contribution is 2.16. The molecule has 6 nitrogen and oxygen atoms in total. The Kier molecular flexibility index (Phi) is 4.11. The Labute approximate surface area is 109 Å². The molecule has 18 heavy (non-hydrogen) atoms. The van der Waals surface area contributed by atoms with Gasteiger partial charge in [0.2, 0.25) is 11.1 Å². The molecule has 1 fully saturated rings. The minimum Gasteiger partial charge on any atom is -0.341 e. The zero-order chi connectivity index (χ0) is 13.1. The Balaban J connectivity index is 2.02. The second-order valence-corrected chi connectivity index (χ2v) is 6.06. The summed E-state index contributed by atoms with van der Waals surface area (Å²) in [7, 11) is -1.22. The summed E-state index contributed by atoms with van der Waals surface area (Å²) in [6.07, 6.45) is 5.23. The van der Waals surface area contributed by atoms with Crippen LogP contribution in [0.2, 0.25) is 0 Å². The number of aromatic nitrogens is 3. The molecule has 0 aromatic carbocycles. The Morgan fingerprint density at radius 3 is 3.06 bits per heavy atom. The number of piperidine rings is 1. The molecule has 0 N–H and O–H groups in total. The van der Waals surface area contributed by atoms with Crippen LogP contribution >= 0.6 is 0 Å². The second kappa shape index (κ2) is 5.60. The smallest absolute Gasteiger partial charge is 0.242 e. The summed E-state index contributed by atoms with van der Waals surface area (Å²) in [6.45, 7) is 3.96. The zero-order valence-corrected chi connectivity index (χ0v) is 11.5. The summed E-state index contributed by atoms with van der Waals surface area (Å²) >= 11 is 0. The summed E-state index contributed by atoms with van der Waals surface area (Å²) in [6, 6.07) is 0. The number of carbonyl (C=O) groups excluding carboxylic acids is 1. The monoisotopic (exact) mass is 270 g/mol. The van der Waals surface area contributed by atoms with Crippen LogP contribution in [0.4, 0.5) is 0 Å². The van der Waals surface area contributed by atoms with Crippen LogP contribution in [-0.2, 0) is 22.1 Å². The van der Waals surface area contributed by atoms with Crippen molar-refractivity contribution in [2.45, 2.75) is 31.5 Å². The maximum Gasteiger partial charge on any atom is 0.242 e. The van der Waals surface area contributed by atoms with E-state index in [1.807, 2.05) is 4.90 Å². The van der Waals surface area contributed by atoms with Crippen molar-refractivity contribution in [3.63, 3.8) is 0 Å². The lowest BCUT2D eigenvalue weighted by atomic mass is 10.0. The van der Waals surface area contributed by atoms with Crippen LogP contribution < -0.4 is 0 Å². The topological polar surface area (TPSA) is 68.1 Å². The molecular weight excluding hydrogens is 252 g/mol. The van der Waals surface area contributed by atoms with Gasteiger partial charge in [-0.3, -0.25) is 13.6 Å². The summed E-state index contributed by atoms with van der Waals surface area (Å²) in [5.74, 6) is 0.608. The van der Waals surface area contributed by atoms with Crippen molar-refractivity contribution in [1.29, 1.82) is 0 Å². The Bertz CT molecular complexity index is 460. The Hall–Kier alpha value is -1.24. The molecule has 0 saturated carbocycles. The van der Waals surface area contributed by atoms with Gasteiger partial charge in [-0.05, 0) is 18.8 Å². The van der Waals surface area contributed by atoms with Crippen LogP contribution in [0.1, 0.15) is 19.8 Å². The quantitative estimate of drug-likeness (QED) is 0.791. The molecule has 1 amide bonds. The van der Waals surface area contributed by atoms with Gasteiger partial charge in [-0.15, -0.1) is 10.2 Å². The van der Waals surface area contributed by atoms with Gasteiger partial charge in [0, 0.05) is 19.3 Å². The molecule has 0 unspecified atom stereocenters. The largest absolute Gasteiger partial charge is 0.341 e. The number of hydrogen-bond acceptors (Lipinski definition) is 4. The molecule has 1 aliphatic heterocycles. The molecule has 2 rings (SSSR count). The Morgan fingerprint density at radius 2 is 2.39 bits per heavy atom. The third-order valence-corrected chi connectivity index (χ3v) is 3.98. The third kappa shape index (κ3) is 2.95. The van der Waals surface area contributed by atoms with Crippen LogP contribution in [0.3, 0.4) is 0 Å². The maximum absolute atomic E-state index is 12.1. The van der Waals surface area contributed by atoms with E-state index in [1.54, 1.807) is 4.57 Å². The minimum absolute atomic E-state index is 0.0491. The molecule has 2 heterocycles. The van der Waals surface area contributed by atoms with E-state index < -0.39 is 10.8 Å². The standard InChI is InChI=1S/C11H18N4O2S/c1-9-4-3-5-14(6-9)10(16)7-15-8-12-13-11(15)18(2)17/h8-9H,3-7H2,1-2H3/t9-,18-/m0/s1. The van der Waals surface area contributed by atoms with Gasteiger partial charge in [0.05, 0.1) is 10.8 Å². The van der Waals surface area contributed by atoms with Gasteiger partial charge in [-0.2, -0.15) is 0 Å². The molecule has 0 radical (unpaired) electrons. The summed E-state index contributed by atoms with van der Waals surface area (Å²) in [5.41, 5.74) is 0. The number of nitrogens with zero attached hydrogens (tertiary/aromatic N) is 4. The van der Waals surface area contributed by atoms with Gasteiger partial charge in [-0.25, -0.2) is 0 Å². The fourth-order valence-electron chi connectivity index (χ4n) is 2.24. The van der Waals surface area contributed by atoms with Crippen molar-refractivity contribution in [3.8, 4) is 0 Å². The number of hydrogen-bond donors (Lipinski definition) is 0. The lowest BCUT2D eigenvalue weighted by Crippen LogP contribution is -2.40. The first kappa shape index (κ1) is 13.2. The highest BCUT2D eigenvalue weighted by atomic mass is 32.2. The molecule has 1 aliphatic rings. The molecule has 2 atom stereocenters. The lowest BCUT2D eigenvalue weighted by Gasteiger charge is -2.31. The van der Waals surface area contributed by atoms with E-state index in [0.717, 1.165) is 19.5 Å². The first-order valence-electron chi connectivity index (χ1n) is 6.07. The summed E-state index contributed by atoms with van der Waals surface area (Å²) in [5, 5.41) is 7.83. The van der Waals surface area contributed by atoms with Crippen molar-refractivity contribution in [3.05, 3.63) is 6.33 Å². The fraction of sp³-hybridized carbons (Fsp3) is 0.727. The van der Waals surface area contributed by atoms with E-state index in [4.69, 9.17) is 0 Å². The fourth-order valence-corrected chi connectivity index (χ4v) is 2.84. The predicted octanol–water partition coefficient (Wildman–Crippen LogP) is 0.274. The Morgan fingerprint density at radius 1 is 1.61 bits per heavy atom. The van der Waals surface area contributed by atoms with Gasteiger partial charge in [0.25, 0.3) is 0 Å². The molecule has 0 aliphatic carbocycles. The van der Waals surface area contributed by atoms with Crippen molar-refractivity contribution < 1.29 is 9.00 Å². The van der Waals surface area contributed by atoms with E-state index in [2.05, 4.69) is 17.1 Å². The van der Waals surface area contributed by atoms with Crippen molar-refractivity contribution in [2.24, 2.45) is 5.92 Å². The van der Waals surface area contributed by atoms with Gasteiger partial charge in [0.15, 0.2) is 0 Å². The lowest BCUT2D eigenvalue weighted by molar-refractivity contribution is -0.133. The van der Waals surface area contributed by atoms with Crippen LogP contribution in [-0.4, -0.2) is 49.1 Å². The van der Waals surface area contributed by atoms with Gasteiger partial charge >= 0.3 is 0 Å². The molecule has 0 bridgehead atoms. The highest BCUT2D eigenvalue weighted by Gasteiger charge is 2.22. The number of rotatable bonds is 3. The average molecular weight is 270 g/mol. The van der Waals surface area contributed by atoms with E-state index >= 15 is 0 Å². The minimum atomic E-state index is -1.22. The van der Waals surface area contributed by atoms with Crippen LogP contribution in [0.5, 0.6) is 0 Å². The summed E-state index contributed by atoms with van der Waals surface area (Å²) in [4.78, 5) is 14.0. The van der Waals surface area contributed by atoms with Crippen molar-refractivity contribution >= 4 is 16.7 Å². The molecule has 1 saturated heterocycles. The van der Waals surface area contributed by atoms with Gasteiger partial charge in [0.1, 0.15) is 12.9 Å². The summed E-state index contributed by atoms with van der Waals surface area (Å²) < 4.78 is 13.0. The SMILES string of the molecule is C[C@H]1CCCN(C(=O)Cn2cnnc2[S@](C)=O)C1. The second-order valence-electron chi connectivity index (χ2n) is 4.78. The molecule has 100 valence electrons. The van der Waals surface area contributed by atoms with Crippen molar-refractivity contribution in [2.75, 3.05) is 19.3 Å². The van der Waals surface area contributed by atoms with Crippen LogP contribution in [0.15, 0.2) is 11.5 Å². The normalized spacial score (nSPS) is 21.9. The van der Waals surface area contributed by atoms with Gasteiger partial charge in [-0.1, -0.05) is 6.92 Å². The number of carbonyl (C=O) groups is 1. The van der Waals surface area contributed by atoms with Gasteiger partial charge < -0.3 is 4.90 Å². The number of likely N-dealkylation sites (tertiary alicyclic amines) is 1. The van der Waals surface area contributed by atoms with E-state index in [-0.39, 0.29) is 12.5 Å². The molecule has 1 aromatic rings.